The lowest BCUT2D eigenvalue weighted by molar-refractivity contribution is -0.116. The van der Waals surface area contributed by atoms with Gasteiger partial charge in [0, 0.05) is 24.6 Å². The Morgan fingerprint density at radius 2 is 1.94 bits per heavy atom. The number of nitrogens with two attached hydrogens (primary N) is 1. The van der Waals surface area contributed by atoms with Gasteiger partial charge < -0.3 is 15.8 Å². The first-order chi connectivity index (χ1) is 8.47. The summed E-state index contributed by atoms with van der Waals surface area (Å²) in [6, 6.07) is 8.22. The molecule has 1 unspecified atom stereocenters. The van der Waals surface area contributed by atoms with Gasteiger partial charge in [0.15, 0.2) is 0 Å². The summed E-state index contributed by atoms with van der Waals surface area (Å²) < 4.78 is 0. The minimum absolute atomic E-state index is 0.159. The zero-order valence-corrected chi connectivity index (χ0v) is 11.7. The molecular formula is C14H20N2OS. The largest absolute Gasteiger partial charge is 0.350 e. The van der Waals surface area contributed by atoms with Crippen molar-refractivity contribution in [2.45, 2.75) is 39.2 Å². The van der Waals surface area contributed by atoms with Crippen molar-refractivity contribution in [2.24, 2.45) is 5.73 Å². The molecule has 98 valence electrons. The van der Waals surface area contributed by atoms with Crippen LogP contribution in [-0.2, 0) is 11.2 Å². The van der Waals surface area contributed by atoms with Crippen molar-refractivity contribution in [1.29, 1.82) is 0 Å². The monoisotopic (exact) mass is 264 g/mol. The number of ketones is 1. The molecular weight excluding hydrogens is 244 g/mol. The van der Waals surface area contributed by atoms with Crippen LogP contribution < -0.4 is 11.1 Å². The van der Waals surface area contributed by atoms with E-state index in [2.05, 4.69) is 5.32 Å². The second-order valence-electron chi connectivity index (χ2n) is 4.63. The lowest BCUT2D eigenvalue weighted by Crippen LogP contribution is -2.17. The maximum absolute atomic E-state index is 10.8. The van der Waals surface area contributed by atoms with Gasteiger partial charge in [-0.3, -0.25) is 0 Å². The Hall–Kier alpha value is -1.26. The van der Waals surface area contributed by atoms with E-state index in [0.29, 0.717) is 17.8 Å². The van der Waals surface area contributed by atoms with E-state index in [0.717, 1.165) is 12.1 Å². The van der Waals surface area contributed by atoms with Gasteiger partial charge in [0.25, 0.3) is 0 Å². The number of rotatable bonds is 6. The molecule has 0 aliphatic rings. The average molecular weight is 264 g/mol. The summed E-state index contributed by atoms with van der Waals surface area (Å²) in [7, 11) is 0. The van der Waals surface area contributed by atoms with Gasteiger partial charge in [-0.25, -0.2) is 0 Å². The van der Waals surface area contributed by atoms with E-state index in [9.17, 15) is 4.79 Å². The van der Waals surface area contributed by atoms with Crippen LogP contribution in [0.4, 0.5) is 5.69 Å². The molecule has 0 aliphatic carbocycles. The van der Waals surface area contributed by atoms with Gasteiger partial charge in [-0.15, -0.1) is 0 Å². The van der Waals surface area contributed by atoms with Crippen LogP contribution in [0.3, 0.4) is 0 Å². The van der Waals surface area contributed by atoms with Gasteiger partial charge in [-0.1, -0.05) is 24.4 Å². The van der Waals surface area contributed by atoms with Crippen LogP contribution >= 0.6 is 12.2 Å². The van der Waals surface area contributed by atoms with Gasteiger partial charge in [-0.05, 0) is 38.0 Å². The molecule has 18 heavy (non-hydrogen) atoms. The van der Waals surface area contributed by atoms with Gasteiger partial charge in [-0.2, -0.15) is 0 Å². The van der Waals surface area contributed by atoms with E-state index in [-0.39, 0.29) is 11.8 Å². The molecule has 0 heterocycles. The lowest BCUT2D eigenvalue weighted by atomic mass is 10.1. The van der Waals surface area contributed by atoms with Crippen molar-refractivity contribution in [2.75, 3.05) is 5.32 Å². The molecule has 1 aromatic rings. The number of nitrogens with one attached hydrogen (secondary N) is 1. The molecule has 3 N–H and O–H groups in total. The molecule has 1 atom stereocenters. The number of benzene rings is 1. The third kappa shape index (κ3) is 5.89. The number of carbonyl (C=O) groups is 1. The lowest BCUT2D eigenvalue weighted by Gasteiger charge is -2.09. The second-order valence-corrected chi connectivity index (χ2v) is 5.12. The van der Waals surface area contributed by atoms with Gasteiger partial charge in [0.1, 0.15) is 5.78 Å². The number of hydrogen-bond donors (Lipinski definition) is 2. The quantitative estimate of drug-likeness (QED) is 0.776. The number of thiocarbonyl (C=S) groups is 1. The van der Waals surface area contributed by atoms with Crippen molar-refractivity contribution in [3.8, 4) is 0 Å². The summed E-state index contributed by atoms with van der Waals surface area (Å²) in [5.41, 5.74) is 7.91. The molecule has 3 nitrogen and oxygen atoms in total. The number of hydrogen-bond acceptors (Lipinski definition) is 3. The highest BCUT2D eigenvalue weighted by atomic mass is 32.1. The van der Waals surface area contributed by atoms with Crippen molar-refractivity contribution >= 4 is 28.7 Å². The van der Waals surface area contributed by atoms with Gasteiger partial charge in [0.2, 0.25) is 0 Å². The highest BCUT2D eigenvalue weighted by Gasteiger charge is 2.02. The standard InChI is InChI=1S/C14H20N2OS/c1-10(15)9-12-4-6-13(7-5-12)16-14(18)8-3-11(2)17/h4-7,10H,3,8-9,15H2,1-2H3,(H,16,18). The fraction of sp³-hybridized carbons (Fsp3) is 0.429. The molecule has 0 saturated carbocycles. The van der Waals surface area contributed by atoms with Crippen molar-refractivity contribution in [3.63, 3.8) is 0 Å². The molecule has 0 aliphatic heterocycles. The number of Topliss-reactive ketones (excluding diaryl/α,β-unsaturated/α-hetero) is 1. The number of anilines is 1. The summed E-state index contributed by atoms with van der Waals surface area (Å²) in [4.78, 5) is 11.5. The summed E-state index contributed by atoms with van der Waals surface area (Å²) >= 11 is 5.17. The molecule has 0 spiro atoms. The third-order valence-corrected chi connectivity index (χ3v) is 2.81. The summed E-state index contributed by atoms with van der Waals surface area (Å²) in [5, 5.41) is 3.13. The summed E-state index contributed by atoms with van der Waals surface area (Å²) in [6.07, 6.45) is 1.97. The SMILES string of the molecule is CC(=O)CCC(=S)Nc1ccc(CC(C)N)cc1. The molecule has 4 heteroatoms. The van der Waals surface area contributed by atoms with Crippen LogP contribution in [0.2, 0.25) is 0 Å². The van der Waals surface area contributed by atoms with Crippen LogP contribution in [0, 0.1) is 0 Å². The average Bonchev–Trinajstić information content (AvgIpc) is 2.28. The van der Waals surface area contributed by atoms with E-state index < -0.39 is 0 Å². The molecule has 0 radical (unpaired) electrons. The van der Waals surface area contributed by atoms with E-state index >= 15 is 0 Å². The van der Waals surface area contributed by atoms with E-state index in [1.807, 2.05) is 31.2 Å². The highest BCUT2D eigenvalue weighted by molar-refractivity contribution is 7.80. The first-order valence-corrected chi connectivity index (χ1v) is 6.52. The maximum Gasteiger partial charge on any atom is 0.130 e. The Morgan fingerprint density at radius 3 is 2.44 bits per heavy atom. The fourth-order valence-electron chi connectivity index (χ4n) is 1.61. The minimum Gasteiger partial charge on any atom is -0.350 e. The van der Waals surface area contributed by atoms with Crippen LogP contribution in [-0.4, -0.2) is 16.8 Å². The maximum atomic E-state index is 10.8. The summed E-state index contributed by atoms with van der Waals surface area (Å²) in [6.45, 7) is 3.56. The Labute approximate surface area is 114 Å². The van der Waals surface area contributed by atoms with Crippen molar-refractivity contribution in [1.82, 2.24) is 0 Å². The molecule has 0 saturated heterocycles. The summed E-state index contributed by atoms with van der Waals surface area (Å²) in [5.74, 6) is 0.159. The van der Waals surface area contributed by atoms with E-state index in [4.69, 9.17) is 18.0 Å². The number of carbonyl (C=O) groups excluding carboxylic acids is 1. The van der Waals surface area contributed by atoms with Gasteiger partial charge >= 0.3 is 0 Å². The normalized spacial score (nSPS) is 11.9. The molecule has 0 fully saturated rings. The van der Waals surface area contributed by atoms with Crippen molar-refractivity contribution in [3.05, 3.63) is 29.8 Å². The third-order valence-electron chi connectivity index (χ3n) is 2.50. The zero-order valence-electron chi connectivity index (χ0n) is 10.9. The van der Waals surface area contributed by atoms with Crippen LogP contribution in [0.15, 0.2) is 24.3 Å². The van der Waals surface area contributed by atoms with E-state index in [1.165, 1.54) is 5.56 Å². The first kappa shape index (κ1) is 14.8. The second kappa shape index (κ2) is 7.24. The fourth-order valence-corrected chi connectivity index (χ4v) is 1.83. The smallest absolute Gasteiger partial charge is 0.130 e. The van der Waals surface area contributed by atoms with Crippen molar-refractivity contribution < 1.29 is 4.79 Å². The zero-order chi connectivity index (χ0) is 13.5. The Morgan fingerprint density at radius 1 is 1.33 bits per heavy atom. The first-order valence-electron chi connectivity index (χ1n) is 6.11. The van der Waals surface area contributed by atoms with Crippen LogP contribution in [0.1, 0.15) is 32.3 Å². The molecule has 1 rings (SSSR count). The van der Waals surface area contributed by atoms with Crippen LogP contribution in [0.5, 0.6) is 0 Å². The minimum atomic E-state index is 0.159. The highest BCUT2D eigenvalue weighted by Crippen LogP contribution is 2.12. The predicted molar refractivity (Wildman–Crippen MR) is 79.9 cm³/mol. The molecule has 1 aromatic carbocycles. The Balaban J connectivity index is 2.48. The Bertz CT molecular complexity index is 412. The van der Waals surface area contributed by atoms with Crippen LogP contribution in [0.25, 0.3) is 0 Å². The topological polar surface area (TPSA) is 55.1 Å². The molecule has 0 bridgehead atoms. The van der Waals surface area contributed by atoms with E-state index in [1.54, 1.807) is 6.92 Å². The Kier molecular flexibility index (Phi) is 5.95. The molecule has 0 amide bonds. The predicted octanol–water partition coefficient (Wildman–Crippen LogP) is 2.68. The van der Waals surface area contributed by atoms with Gasteiger partial charge in [0.05, 0.1) is 4.99 Å². The molecule has 0 aromatic heterocycles.